The summed E-state index contributed by atoms with van der Waals surface area (Å²) in [7, 11) is 0. The third kappa shape index (κ3) is 41.4. The van der Waals surface area contributed by atoms with Gasteiger partial charge in [-0.3, -0.25) is 24.1 Å². The number of carboxylic acid groups (broad SMARTS) is 1. The minimum absolute atomic E-state index is 0.0392. The van der Waals surface area contributed by atoms with Crippen LogP contribution in [0.15, 0.2) is 0 Å². The van der Waals surface area contributed by atoms with Crippen LogP contribution in [-0.2, 0) is 33.4 Å². The molecule has 1 atom stereocenters. The predicted molar refractivity (Wildman–Crippen MR) is 194 cm³/mol. The van der Waals surface area contributed by atoms with Gasteiger partial charge in [0.1, 0.15) is 11.2 Å². The molecular weight excluding hydrogens is 642 g/mol. The van der Waals surface area contributed by atoms with E-state index >= 15 is 0 Å². The van der Waals surface area contributed by atoms with Crippen LogP contribution in [-0.4, -0.2) is 134 Å². The first-order chi connectivity index (χ1) is 22.3. The molecule has 0 saturated carbocycles. The number of nitrogens with zero attached hydrogens (tertiary/aromatic N) is 2. The highest BCUT2D eigenvalue weighted by atomic mass is 32.2. The van der Waals surface area contributed by atoms with E-state index in [1.165, 1.54) is 0 Å². The molecule has 14 nitrogen and oxygen atoms in total. The maximum absolute atomic E-state index is 12.7. The molecule has 0 bridgehead atoms. The molecule has 0 heterocycles. The Bertz CT molecular complexity index is 822. The van der Waals surface area contributed by atoms with Crippen LogP contribution < -0.4 is 16.4 Å². The Morgan fingerprint density at radius 2 is 1.52 bits per heavy atom. The van der Waals surface area contributed by atoms with Gasteiger partial charge in [0.05, 0.1) is 12.6 Å². The molecule has 48 heavy (non-hydrogen) atoms. The van der Waals surface area contributed by atoms with Gasteiger partial charge in [0.25, 0.3) is 12.9 Å². The minimum atomic E-state index is -0.595. The Morgan fingerprint density at radius 3 is 1.96 bits per heavy atom. The molecule has 0 aliphatic heterocycles. The van der Waals surface area contributed by atoms with Gasteiger partial charge in [-0.2, -0.15) is 11.8 Å². The van der Waals surface area contributed by atoms with Crippen molar-refractivity contribution >= 4 is 42.7 Å². The molecular formula is C33H69N5O9S. The first kappa shape index (κ1) is 52.2. The Labute approximate surface area is 294 Å². The van der Waals surface area contributed by atoms with Crippen molar-refractivity contribution in [2.45, 2.75) is 119 Å². The number of amides is 2. The summed E-state index contributed by atoms with van der Waals surface area (Å²) in [6, 6.07) is 0.103. The third-order valence-electron chi connectivity index (χ3n) is 5.37. The van der Waals surface area contributed by atoms with Crippen molar-refractivity contribution in [1.82, 2.24) is 20.4 Å². The smallest absolute Gasteiger partial charge is 0.410 e. The largest absolute Gasteiger partial charge is 0.483 e. The molecule has 15 heteroatoms. The van der Waals surface area contributed by atoms with E-state index in [1.807, 2.05) is 87.3 Å². The molecule has 0 aromatic carbocycles. The van der Waals surface area contributed by atoms with Crippen LogP contribution in [0.4, 0.5) is 4.79 Å². The second-order valence-electron chi connectivity index (χ2n) is 12.6. The molecule has 0 aromatic heterocycles. The lowest BCUT2D eigenvalue weighted by Gasteiger charge is -2.30. The highest BCUT2D eigenvalue weighted by molar-refractivity contribution is 7.98. The fourth-order valence-corrected chi connectivity index (χ4v) is 3.97. The number of hydrogen-bond donors (Lipinski definition) is 4. The van der Waals surface area contributed by atoms with Crippen LogP contribution in [0.25, 0.3) is 0 Å². The van der Waals surface area contributed by atoms with Crippen molar-refractivity contribution in [3.8, 4) is 0 Å². The summed E-state index contributed by atoms with van der Waals surface area (Å²) in [4.78, 5) is 58.5. The highest BCUT2D eigenvalue weighted by Gasteiger charge is 2.23. The fraction of sp³-hybridized carbons (Fsp3) is 0.848. The van der Waals surface area contributed by atoms with Gasteiger partial charge in [-0.05, 0) is 93.7 Å². The molecule has 5 N–H and O–H groups in total. The summed E-state index contributed by atoms with van der Waals surface area (Å²) in [5.74, 6) is 0.759. The van der Waals surface area contributed by atoms with Crippen molar-refractivity contribution in [2.24, 2.45) is 5.73 Å². The van der Waals surface area contributed by atoms with Gasteiger partial charge < -0.3 is 40.6 Å². The number of esters is 1. The number of rotatable bonds is 20. The first-order valence-electron chi connectivity index (χ1n) is 16.6. The Hall–Kier alpha value is -2.62. The Balaban J connectivity index is -0.000000688. The van der Waals surface area contributed by atoms with Crippen LogP contribution in [0.2, 0.25) is 0 Å². The summed E-state index contributed by atoms with van der Waals surface area (Å²) in [6.07, 6.45) is 3.50. The van der Waals surface area contributed by atoms with E-state index in [2.05, 4.69) is 15.4 Å². The van der Waals surface area contributed by atoms with E-state index < -0.39 is 11.7 Å². The van der Waals surface area contributed by atoms with Gasteiger partial charge in [0, 0.05) is 51.7 Å². The number of nitrogens with one attached hydrogen (secondary N) is 2. The summed E-state index contributed by atoms with van der Waals surface area (Å²) in [5, 5.41) is 13.3. The molecule has 0 spiro atoms. The second-order valence-corrected chi connectivity index (χ2v) is 13.6. The molecule has 286 valence electrons. The highest BCUT2D eigenvalue weighted by Crippen LogP contribution is 2.10. The average Bonchev–Trinajstić information content (AvgIpc) is 2.95. The van der Waals surface area contributed by atoms with Crippen molar-refractivity contribution < 1.29 is 43.3 Å². The standard InChI is InChI=1S/C25H51N5O5S.C5H10O2.C2H6.CH2O2/c1-20(2)34-23(32)9-8-12-27-13-15-29(19-22(31)28-21(3)10-18-36-7)16-17-30(14-11-26)24(33)35-25(4,5)6;1-5(2,3)7-4-6;1-2;2-1-3/h20-21,27H,8-19,26H2,1-7H3,(H,28,31);4H,1-3H3;1-2H3;1H,(H,2,3). The SMILES string of the molecule is CC.CC(C)(C)OC=O.CSCCC(C)NC(=O)CN(CCNCCCC(=O)OC(C)C)CCN(CCN)C(=O)OC(C)(C)C.O=CO. The van der Waals surface area contributed by atoms with E-state index in [-0.39, 0.29) is 42.6 Å². The van der Waals surface area contributed by atoms with Crippen LogP contribution in [0.3, 0.4) is 0 Å². The number of carbonyl (C=O) groups excluding carboxylic acids is 4. The Morgan fingerprint density at radius 1 is 0.938 bits per heavy atom. The van der Waals surface area contributed by atoms with Crippen molar-refractivity contribution in [3.63, 3.8) is 0 Å². The number of carbonyl (C=O) groups is 5. The van der Waals surface area contributed by atoms with E-state index in [1.54, 1.807) is 16.7 Å². The van der Waals surface area contributed by atoms with Gasteiger partial charge in [-0.25, -0.2) is 4.79 Å². The number of nitrogens with two attached hydrogens (primary N) is 1. The van der Waals surface area contributed by atoms with E-state index in [9.17, 15) is 19.2 Å². The van der Waals surface area contributed by atoms with Crippen LogP contribution in [0.5, 0.6) is 0 Å². The second kappa shape index (κ2) is 32.9. The van der Waals surface area contributed by atoms with Gasteiger partial charge in [-0.1, -0.05) is 13.8 Å². The molecule has 0 aromatic rings. The molecule has 0 aliphatic rings. The number of ether oxygens (including phenoxy) is 3. The topological polar surface area (TPSA) is 190 Å². The molecule has 2 amide bonds. The van der Waals surface area contributed by atoms with Crippen LogP contribution >= 0.6 is 11.8 Å². The minimum Gasteiger partial charge on any atom is -0.483 e. The van der Waals surface area contributed by atoms with Gasteiger partial charge in [0.2, 0.25) is 5.91 Å². The molecule has 0 fully saturated rings. The zero-order chi connectivity index (χ0) is 38.2. The quantitative estimate of drug-likeness (QED) is 0.0619. The molecule has 0 radical (unpaired) electrons. The van der Waals surface area contributed by atoms with Gasteiger partial charge in [0.15, 0.2) is 0 Å². The molecule has 0 aliphatic carbocycles. The van der Waals surface area contributed by atoms with E-state index in [0.717, 1.165) is 12.2 Å². The maximum Gasteiger partial charge on any atom is 0.410 e. The van der Waals surface area contributed by atoms with Crippen molar-refractivity contribution in [2.75, 3.05) is 64.4 Å². The molecule has 1 unspecified atom stereocenters. The molecule has 0 rings (SSSR count). The monoisotopic (exact) mass is 711 g/mol. The Kier molecular flexibility index (Phi) is 35.8. The van der Waals surface area contributed by atoms with Gasteiger partial charge in [-0.15, -0.1) is 0 Å². The summed E-state index contributed by atoms with van der Waals surface area (Å²) >= 11 is 1.76. The summed E-state index contributed by atoms with van der Waals surface area (Å²) in [5.41, 5.74) is 4.80. The number of hydrogen-bond acceptors (Lipinski definition) is 12. The summed E-state index contributed by atoms with van der Waals surface area (Å²) < 4.78 is 15.2. The lowest BCUT2D eigenvalue weighted by Crippen LogP contribution is -2.47. The number of thioether (sulfide) groups is 1. The first-order valence-corrected chi connectivity index (χ1v) is 18.0. The zero-order valence-electron chi connectivity index (χ0n) is 31.9. The van der Waals surface area contributed by atoms with Crippen LogP contribution in [0.1, 0.15) is 95.4 Å². The van der Waals surface area contributed by atoms with E-state index in [4.69, 9.17) is 25.1 Å². The normalized spacial score (nSPS) is 11.3. The third-order valence-corrected chi connectivity index (χ3v) is 6.02. The molecule has 0 saturated heterocycles. The fourth-order valence-electron chi connectivity index (χ4n) is 3.39. The summed E-state index contributed by atoms with van der Waals surface area (Å²) in [6.45, 7) is 24.6. The van der Waals surface area contributed by atoms with Crippen LogP contribution in [0, 0.1) is 0 Å². The maximum atomic E-state index is 12.7. The lowest BCUT2D eigenvalue weighted by atomic mass is 10.2. The predicted octanol–water partition coefficient (Wildman–Crippen LogP) is 3.75. The zero-order valence-corrected chi connectivity index (χ0v) is 32.7. The lowest BCUT2D eigenvalue weighted by molar-refractivity contribution is -0.147. The van der Waals surface area contributed by atoms with Gasteiger partial charge >= 0.3 is 12.1 Å². The average molecular weight is 712 g/mol. The van der Waals surface area contributed by atoms with Crippen molar-refractivity contribution in [3.05, 3.63) is 0 Å². The van der Waals surface area contributed by atoms with E-state index in [0.29, 0.717) is 65.1 Å². The van der Waals surface area contributed by atoms with Crippen molar-refractivity contribution in [1.29, 1.82) is 0 Å².